The van der Waals surface area contributed by atoms with Crippen LogP contribution in [-0.2, 0) is 25.9 Å². The second kappa shape index (κ2) is 14.6. The van der Waals surface area contributed by atoms with Gasteiger partial charge in [-0.3, -0.25) is 9.36 Å². The summed E-state index contributed by atoms with van der Waals surface area (Å²) in [5, 5.41) is 15.2. The number of carbonyl (C=O) groups excluding carboxylic acids is 2. The standard InChI is InChI=1S/C33H30ClN5O5S2/c1-3-44-32(41)23-9-7-10-24(19-23)36-30(40)21-45-33-38-37-29(39(33)25-11-5-4-6-12-25)20-35-28-14-8-13-27(34)31(28)46(42,43)26-17-15-22(2)16-18-26/h4-19,35H,3,20-21H2,1-2H3,(H,36,40). The maximum atomic E-state index is 13.6. The summed E-state index contributed by atoms with van der Waals surface area (Å²) >= 11 is 7.64. The fourth-order valence-electron chi connectivity index (χ4n) is 4.54. The molecule has 0 saturated carbocycles. The largest absolute Gasteiger partial charge is 0.462 e. The molecule has 0 spiro atoms. The van der Waals surface area contributed by atoms with E-state index in [1.165, 1.54) is 17.8 Å². The molecule has 4 aromatic carbocycles. The van der Waals surface area contributed by atoms with Crippen molar-refractivity contribution in [1.29, 1.82) is 0 Å². The lowest BCUT2D eigenvalue weighted by molar-refractivity contribution is -0.113. The van der Waals surface area contributed by atoms with Crippen LogP contribution in [0.4, 0.5) is 11.4 Å². The van der Waals surface area contributed by atoms with Gasteiger partial charge in [-0.25, -0.2) is 13.2 Å². The molecule has 0 aliphatic heterocycles. The van der Waals surface area contributed by atoms with Crippen LogP contribution < -0.4 is 10.6 Å². The van der Waals surface area contributed by atoms with E-state index in [9.17, 15) is 18.0 Å². The van der Waals surface area contributed by atoms with Gasteiger partial charge < -0.3 is 15.4 Å². The van der Waals surface area contributed by atoms with E-state index in [0.717, 1.165) is 11.3 Å². The molecular formula is C33H30ClN5O5S2. The second-order valence-electron chi connectivity index (χ2n) is 9.99. The van der Waals surface area contributed by atoms with Crippen molar-refractivity contribution >= 4 is 56.5 Å². The van der Waals surface area contributed by atoms with Gasteiger partial charge in [0.25, 0.3) is 0 Å². The molecule has 236 valence electrons. The summed E-state index contributed by atoms with van der Waals surface area (Å²) in [7, 11) is -3.94. The number of carbonyl (C=O) groups is 2. The highest BCUT2D eigenvalue weighted by Gasteiger charge is 2.25. The Labute approximate surface area is 276 Å². The SMILES string of the molecule is CCOC(=O)c1cccc(NC(=O)CSc2nnc(CNc3cccc(Cl)c3S(=O)(=O)c3ccc(C)cc3)n2-c2ccccc2)c1. The van der Waals surface area contributed by atoms with Crippen LogP contribution in [0.3, 0.4) is 0 Å². The van der Waals surface area contributed by atoms with Gasteiger partial charge in [0.15, 0.2) is 11.0 Å². The summed E-state index contributed by atoms with van der Waals surface area (Å²) in [5.74, 6) is -0.286. The highest BCUT2D eigenvalue weighted by Crippen LogP contribution is 2.34. The first-order valence-corrected chi connectivity index (χ1v) is 17.1. The molecule has 5 aromatic rings. The Hall–Kier alpha value is -4.65. The van der Waals surface area contributed by atoms with Crippen molar-refractivity contribution in [3.05, 3.63) is 119 Å². The van der Waals surface area contributed by atoms with Crippen molar-refractivity contribution in [2.75, 3.05) is 23.0 Å². The summed E-state index contributed by atoms with van der Waals surface area (Å²) in [5.41, 5.74) is 2.81. The van der Waals surface area contributed by atoms with Crippen LogP contribution in [0, 0.1) is 6.92 Å². The quantitative estimate of drug-likeness (QED) is 0.111. The predicted octanol–water partition coefficient (Wildman–Crippen LogP) is 6.58. The number of hydrogen-bond acceptors (Lipinski definition) is 9. The Balaban J connectivity index is 1.36. The summed E-state index contributed by atoms with van der Waals surface area (Å²) in [4.78, 5) is 25.0. The first kappa shape index (κ1) is 32.7. The molecule has 5 rings (SSSR count). The van der Waals surface area contributed by atoms with Gasteiger partial charge in [0.05, 0.1) is 40.1 Å². The molecule has 1 heterocycles. The molecule has 0 saturated heterocycles. The van der Waals surface area contributed by atoms with Gasteiger partial charge >= 0.3 is 5.97 Å². The molecule has 0 aliphatic rings. The Morgan fingerprint density at radius 3 is 2.41 bits per heavy atom. The zero-order valence-electron chi connectivity index (χ0n) is 24.9. The third-order valence-corrected chi connectivity index (χ3v) is 9.93. The van der Waals surface area contributed by atoms with E-state index in [4.69, 9.17) is 16.3 Å². The lowest BCUT2D eigenvalue weighted by atomic mass is 10.2. The number of aromatic nitrogens is 3. The lowest BCUT2D eigenvalue weighted by Gasteiger charge is -2.15. The van der Waals surface area contributed by atoms with Crippen LogP contribution in [0.1, 0.15) is 28.7 Å². The number of sulfone groups is 1. The molecule has 0 unspecified atom stereocenters. The molecule has 2 N–H and O–H groups in total. The van der Waals surface area contributed by atoms with Gasteiger partial charge in [0.2, 0.25) is 15.7 Å². The minimum atomic E-state index is -3.94. The molecule has 0 atom stereocenters. The molecule has 0 bridgehead atoms. The van der Waals surface area contributed by atoms with E-state index in [2.05, 4.69) is 20.8 Å². The van der Waals surface area contributed by atoms with Gasteiger partial charge in [0.1, 0.15) is 4.90 Å². The number of rotatable bonds is 12. The van der Waals surface area contributed by atoms with E-state index in [0.29, 0.717) is 27.9 Å². The molecule has 0 radical (unpaired) electrons. The number of aryl methyl sites for hydroxylation is 1. The number of para-hydroxylation sites is 1. The first-order valence-electron chi connectivity index (χ1n) is 14.2. The van der Waals surface area contributed by atoms with E-state index >= 15 is 0 Å². The zero-order chi connectivity index (χ0) is 32.7. The number of amides is 1. The number of anilines is 2. The maximum absolute atomic E-state index is 13.6. The van der Waals surface area contributed by atoms with E-state index in [1.54, 1.807) is 72.2 Å². The Morgan fingerprint density at radius 2 is 1.67 bits per heavy atom. The van der Waals surface area contributed by atoms with Crippen molar-refractivity contribution in [3.63, 3.8) is 0 Å². The number of hydrogen-bond donors (Lipinski definition) is 2. The second-order valence-corrected chi connectivity index (χ2v) is 13.2. The predicted molar refractivity (Wildman–Crippen MR) is 179 cm³/mol. The van der Waals surface area contributed by atoms with Crippen molar-refractivity contribution in [3.8, 4) is 5.69 Å². The molecule has 1 amide bonds. The Morgan fingerprint density at radius 1 is 0.935 bits per heavy atom. The summed E-state index contributed by atoms with van der Waals surface area (Å²) in [6.45, 7) is 3.96. The fraction of sp³-hybridized carbons (Fsp3) is 0.152. The van der Waals surface area contributed by atoms with Gasteiger partial charge in [-0.05, 0) is 68.4 Å². The Bertz CT molecular complexity index is 1970. The van der Waals surface area contributed by atoms with Gasteiger partial charge in [-0.15, -0.1) is 10.2 Å². The lowest BCUT2D eigenvalue weighted by Crippen LogP contribution is -2.15. The van der Waals surface area contributed by atoms with Gasteiger partial charge in [-0.1, -0.05) is 71.4 Å². The number of ether oxygens (including phenoxy) is 1. The fourth-order valence-corrected chi connectivity index (χ4v) is 7.28. The van der Waals surface area contributed by atoms with E-state index in [-0.39, 0.29) is 39.6 Å². The molecule has 13 heteroatoms. The monoisotopic (exact) mass is 675 g/mol. The maximum Gasteiger partial charge on any atom is 0.338 e. The number of nitrogens with one attached hydrogen (secondary N) is 2. The van der Waals surface area contributed by atoms with Crippen LogP contribution in [0.2, 0.25) is 5.02 Å². The van der Waals surface area contributed by atoms with E-state index < -0.39 is 15.8 Å². The molecule has 1 aromatic heterocycles. The van der Waals surface area contributed by atoms with Crippen LogP contribution in [-0.4, -0.2) is 47.4 Å². The summed E-state index contributed by atoms with van der Waals surface area (Å²) in [6, 6.07) is 27.3. The smallest absolute Gasteiger partial charge is 0.338 e. The van der Waals surface area contributed by atoms with Crippen molar-refractivity contribution < 1.29 is 22.7 Å². The number of halogens is 1. The third kappa shape index (κ3) is 7.58. The molecular weight excluding hydrogens is 646 g/mol. The normalized spacial score (nSPS) is 11.2. The summed E-state index contributed by atoms with van der Waals surface area (Å²) < 4.78 is 34.1. The average molecular weight is 676 g/mol. The topological polar surface area (TPSA) is 132 Å². The number of thioether (sulfide) groups is 1. The third-order valence-electron chi connectivity index (χ3n) is 6.71. The Kier molecular flexibility index (Phi) is 10.4. The van der Waals surface area contributed by atoms with Crippen LogP contribution in [0.25, 0.3) is 5.69 Å². The minimum Gasteiger partial charge on any atom is -0.462 e. The van der Waals surface area contributed by atoms with E-state index in [1.807, 2.05) is 37.3 Å². The minimum absolute atomic E-state index is 0.00919. The molecule has 46 heavy (non-hydrogen) atoms. The van der Waals surface area contributed by atoms with Crippen molar-refractivity contribution in [1.82, 2.24) is 14.8 Å². The van der Waals surface area contributed by atoms with Crippen LogP contribution >= 0.6 is 23.4 Å². The highest BCUT2D eigenvalue weighted by atomic mass is 35.5. The molecule has 0 fully saturated rings. The summed E-state index contributed by atoms with van der Waals surface area (Å²) in [6.07, 6.45) is 0. The average Bonchev–Trinajstić information content (AvgIpc) is 3.46. The van der Waals surface area contributed by atoms with Crippen LogP contribution in [0.5, 0.6) is 0 Å². The molecule has 0 aliphatic carbocycles. The van der Waals surface area contributed by atoms with Crippen LogP contribution in [0.15, 0.2) is 112 Å². The molecule has 10 nitrogen and oxygen atoms in total. The zero-order valence-corrected chi connectivity index (χ0v) is 27.3. The highest BCUT2D eigenvalue weighted by molar-refractivity contribution is 7.99. The van der Waals surface area contributed by atoms with Gasteiger partial charge in [-0.2, -0.15) is 0 Å². The number of esters is 1. The van der Waals surface area contributed by atoms with Gasteiger partial charge in [0, 0.05) is 11.4 Å². The first-order chi connectivity index (χ1) is 22.2. The number of nitrogens with zero attached hydrogens (tertiary/aromatic N) is 3. The van der Waals surface area contributed by atoms with Crippen molar-refractivity contribution in [2.24, 2.45) is 0 Å². The number of benzene rings is 4. The van der Waals surface area contributed by atoms with Crippen molar-refractivity contribution in [2.45, 2.75) is 35.3 Å².